The highest BCUT2D eigenvalue weighted by Gasteiger charge is 2.25. The Morgan fingerprint density at radius 1 is 1.17 bits per heavy atom. The monoisotopic (exact) mass is 338 g/mol. The molecule has 0 fully saturated rings. The van der Waals surface area contributed by atoms with Crippen molar-refractivity contribution < 1.29 is 4.79 Å². The average Bonchev–Trinajstić information content (AvgIpc) is 2.89. The van der Waals surface area contributed by atoms with Gasteiger partial charge in [-0.2, -0.15) is 0 Å². The van der Waals surface area contributed by atoms with Crippen molar-refractivity contribution in [3.05, 3.63) is 29.3 Å². The molecule has 1 heterocycles. The summed E-state index contributed by atoms with van der Waals surface area (Å²) in [7, 11) is 0. The van der Waals surface area contributed by atoms with Crippen LogP contribution in [0, 0.1) is 0 Å². The Labute approximate surface area is 147 Å². The van der Waals surface area contributed by atoms with Crippen LogP contribution in [-0.4, -0.2) is 19.0 Å². The number of rotatable bonds is 6. The maximum Gasteiger partial charge on any atom is 0.226 e. The fraction of sp³-hybridized carbons (Fsp3) is 0.632. The molecule has 3 nitrogen and oxygen atoms in total. The van der Waals surface area contributed by atoms with Gasteiger partial charge in [0.05, 0.1) is 0 Å². The van der Waals surface area contributed by atoms with Crippen molar-refractivity contribution in [1.29, 1.82) is 0 Å². The van der Waals surface area contributed by atoms with Gasteiger partial charge in [-0.05, 0) is 48.4 Å². The first-order valence-electron chi connectivity index (χ1n) is 8.57. The molecule has 0 bridgehead atoms. The lowest BCUT2D eigenvalue weighted by Crippen LogP contribution is -2.28. The van der Waals surface area contributed by atoms with Crippen LogP contribution in [-0.2, 0) is 16.6 Å². The van der Waals surface area contributed by atoms with Gasteiger partial charge in [-0.25, -0.2) is 0 Å². The molecule has 0 unspecified atom stereocenters. The fourth-order valence-electron chi connectivity index (χ4n) is 3.04. The zero-order valence-electron chi connectivity index (χ0n) is 14.7. The van der Waals surface area contributed by atoms with Crippen molar-refractivity contribution >= 4 is 24.0 Å². The third-order valence-corrected chi connectivity index (χ3v) is 4.49. The zero-order valence-corrected chi connectivity index (χ0v) is 15.5. The van der Waals surface area contributed by atoms with Gasteiger partial charge >= 0.3 is 0 Å². The Bertz CT molecular complexity index is 523. The minimum Gasteiger partial charge on any atom is -0.330 e. The molecule has 4 heteroatoms. The summed E-state index contributed by atoms with van der Waals surface area (Å²) < 4.78 is 0. The van der Waals surface area contributed by atoms with E-state index in [1.54, 1.807) is 0 Å². The number of hydrogen-bond donors (Lipinski definition) is 1. The van der Waals surface area contributed by atoms with E-state index in [1.165, 1.54) is 11.1 Å². The lowest BCUT2D eigenvalue weighted by molar-refractivity contribution is -0.118. The zero-order chi connectivity index (χ0) is 16.2. The molecule has 1 aliphatic heterocycles. The van der Waals surface area contributed by atoms with Gasteiger partial charge in [0, 0.05) is 18.7 Å². The van der Waals surface area contributed by atoms with Crippen molar-refractivity contribution in [2.75, 3.05) is 18.0 Å². The number of anilines is 1. The summed E-state index contributed by atoms with van der Waals surface area (Å²) in [5.74, 6) is 0.273. The first-order chi connectivity index (χ1) is 10.4. The molecule has 130 valence electrons. The molecule has 1 amide bonds. The molecule has 2 rings (SSSR count). The smallest absolute Gasteiger partial charge is 0.226 e. The van der Waals surface area contributed by atoms with E-state index in [4.69, 9.17) is 5.73 Å². The van der Waals surface area contributed by atoms with E-state index < -0.39 is 0 Å². The normalized spacial score (nSPS) is 13.7. The van der Waals surface area contributed by atoms with Gasteiger partial charge in [-0.3, -0.25) is 4.79 Å². The summed E-state index contributed by atoms with van der Waals surface area (Å²) in [6, 6.07) is 6.59. The number of unbranched alkanes of at least 4 members (excludes halogenated alkanes) is 3. The number of halogens is 1. The Morgan fingerprint density at radius 3 is 2.52 bits per heavy atom. The first kappa shape index (κ1) is 20.0. The maximum atomic E-state index is 12.4. The molecule has 1 aliphatic rings. The molecule has 0 saturated heterocycles. The molecule has 0 spiro atoms. The second-order valence-electron chi connectivity index (χ2n) is 7.34. The molecule has 0 atom stereocenters. The SMILES string of the molecule is CC(C)(C)c1ccc2c(c1)CCN2C(=O)CCCCCCN.Cl. The number of hydrogen-bond acceptors (Lipinski definition) is 2. The van der Waals surface area contributed by atoms with E-state index in [0.29, 0.717) is 6.42 Å². The number of carbonyl (C=O) groups excluding carboxylic acids is 1. The van der Waals surface area contributed by atoms with Gasteiger partial charge < -0.3 is 10.6 Å². The van der Waals surface area contributed by atoms with Crippen LogP contribution < -0.4 is 10.6 Å². The highest BCUT2D eigenvalue weighted by atomic mass is 35.5. The molecule has 1 aromatic carbocycles. The van der Waals surface area contributed by atoms with E-state index >= 15 is 0 Å². The molecule has 0 saturated carbocycles. The Morgan fingerprint density at radius 2 is 1.87 bits per heavy atom. The van der Waals surface area contributed by atoms with E-state index in [2.05, 4.69) is 39.0 Å². The van der Waals surface area contributed by atoms with E-state index in [-0.39, 0.29) is 23.7 Å². The van der Waals surface area contributed by atoms with Gasteiger partial charge in [-0.15, -0.1) is 12.4 Å². The third-order valence-electron chi connectivity index (χ3n) is 4.49. The second-order valence-corrected chi connectivity index (χ2v) is 7.34. The molecule has 0 radical (unpaired) electrons. The van der Waals surface area contributed by atoms with Crippen molar-refractivity contribution in [3.8, 4) is 0 Å². The Hall–Kier alpha value is -1.06. The van der Waals surface area contributed by atoms with Crippen LogP contribution in [0.1, 0.15) is 64.0 Å². The molecular weight excluding hydrogens is 308 g/mol. The Balaban J connectivity index is 0.00000264. The molecular formula is C19H31ClN2O. The molecule has 2 N–H and O–H groups in total. The minimum atomic E-state index is 0. The molecule has 0 aliphatic carbocycles. The number of nitrogens with zero attached hydrogens (tertiary/aromatic N) is 1. The summed E-state index contributed by atoms with van der Waals surface area (Å²) in [6.07, 6.45) is 5.92. The topological polar surface area (TPSA) is 46.3 Å². The highest BCUT2D eigenvalue weighted by Crippen LogP contribution is 2.33. The van der Waals surface area contributed by atoms with Crippen LogP contribution in [0.25, 0.3) is 0 Å². The summed E-state index contributed by atoms with van der Waals surface area (Å²) in [6.45, 7) is 8.28. The van der Waals surface area contributed by atoms with Crippen molar-refractivity contribution in [3.63, 3.8) is 0 Å². The third kappa shape index (κ3) is 5.22. The van der Waals surface area contributed by atoms with Gasteiger partial charge in [0.25, 0.3) is 0 Å². The van der Waals surface area contributed by atoms with Crippen LogP contribution in [0.2, 0.25) is 0 Å². The second kappa shape index (κ2) is 8.70. The van der Waals surface area contributed by atoms with E-state index in [0.717, 1.165) is 50.9 Å². The standard InChI is InChI=1S/C19H30N2O.ClH/c1-19(2,3)16-9-10-17-15(14-16)11-13-21(17)18(22)8-6-4-5-7-12-20;/h9-10,14H,4-8,11-13,20H2,1-3H3;1H. The number of carbonyl (C=O) groups is 1. The minimum absolute atomic E-state index is 0. The molecule has 23 heavy (non-hydrogen) atoms. The van der Waals surface area contributed by atoms with Crippen LogP contribution in [0.15, 0.2) is 18.2 Å². The van der Waals surface area contributed by atoms with Gasteiger partial charge in [-0.1, -0.05) is 45.7 Å². The first-order valence-corrected chi connectivity index (χ1v) is 8.57. The predicted octanol–water partition coefficient (Wildman–Crippen LogP) is 4.20. The Kier molecular flexibility index (Phi) is 7.56. The predicted molar refractivity (Wildman–Crippen MR) is 101 cm³/mol. The van der Waals surface area contributed by atoms with E-state index in [9.17, 15) is 4.79 Å². The molecule has 0 aromatic heterocycles. The maximum absolute atomic E-state index is 12.4. The number of benzene rings is 1. The lowest BCUT2D eigenvalue weighted by atomic mass is 9.86. The fourth-order valence-corrected chi connectivity index (χ4v) is 3.04. The molecule has 1 aromatic rings. The lowest BCUT2D eigenvalue weighted by Gasteiger charge is -2.21. The van der Waals surface area contributed by atoms with Crippen LogP contribution in [0.3, 0.4) is 0 Å². The number of nitrogens with two attached hydrogens (primary N) is 1. The summed E-state index contributed by atoms with van der Waals surface area (Å²) in [5, 5.41) is 0. The van der Waals surface area contributed by atoms with Gasteiger partial charge in [0.2, 0.25) is 5.91 Å². The highest BCUT2D eigenvalue weighted by molar-refractivity contribution is 5.95. The quantitative estimate of drug-likeness (QED) is 0.790. The van der Waals surface area contributed by atoms with Gasteiger partial charge in [0.1, 0.15) is 0 Å². The van der Waals surface area contributed by atoms with Crippen LogP contribution in [0.5, 0.6) is 0 Å². The summed E-state index contributed by atoms with van der Waals surface area (Å²) >= 11 is 0. The average molecular weight is 339 g/mol. The van der Waals surface area contributed by atoms with Crippen LogP contribution in [0.4, 0.5) is 5.69 Å². The van der Waals surface area contributed by atoms with Gasteiger partial charge in [0.15, 0.2) is 0 Å². The van der Waals surface area contributed by atoms with Crippen molar-refractivity contribution in [2.45, 2.75) is 64.7 Å². The van der Waals surface area contributed by atoms with Crippen molar-refractivity contribution in [2.24, 2.45) is 5.73 Å². The largest absolute Gasteiger partial charge is 0.330 e. The number of amides is 1. The van der Waals surface area contributed by atoms with Crippen LogP contribution >= 0.6 is 12.4 Å². The summed E-state index contributed by atoms with van der Waals surface area (Å²) in [5.41, 5.74) is 9.45. The van der Waals surface area contributed by atoms with E-state index in [1.807, 2.05) is 4.90 Å². The van der Waals surface area contributed by atoms with Crippen molar-refractivity contribution in [1.82, 2.24) is 0 Å². The summed E-state index contributed by atoms with van der Waals surface area (Å²) in [4.78, 5) is 14.4. The number of fused-ring (bicyclic) bond motifs is 1.